The number of nitrogen functional groups attached to an aromatic ring is 1. The maximum atomic E-state index is 12.0. The largest absolute Gasteiger partial charge is 0.379 e. The number of benzene rings is 1. The summed E-state index contributed by atoms with van der Waals surface area (Å²) in [6.07, 6.45) is 0. The molecule has 0 fully saturated rings. The number of carbonyl (C=O) groups is 1. The Kier molecular flexibility index (Phi) is 6.57. The van der Waals surface area contributed by atoms with Crippen molar-refractivity contribution in [3.63, 3.8) is 0 Å². The summed E-state index contributed by atoms with van der Waals surface area (Å²) in [5.74, 6) is 5.28. The number of hydrogen-bond donors (Lipinski definition) is 3. The van der Waals surface area contributed by atoms with Gasteiger partial charge in [-0.25, -0.2) is 0 Å². The van der Waals surface area contributed by atoms with Gasteiger partial charge in [-0.15, -0.1) is 0 Å². The Hall–Kier alpha value is -2.19. The Bertz CT molecular complexity index is 505. The van der Waals surface area contributed by atoms with E-state index in [0.717, 1.165) is 0 Å². The Balaban J connectivity index is 2.63. The highest BCUT2D eigenvalue weighted by Gasteiger charge is 2.16. The summed E-state index contributed by atoms with van der Waals surface area (Å²) in [5, 5.41) is 13.4. The van der Waals surface area contributed by atoms with Gasteiger partial charge in [-0.1, -0.05) is 13.8 Å². The number of hydrazine groups is 1. The molecule has 21 heavy (non-hydrogen) atoms. The number of carbonyl (C=O) groups excluding carboxylic acids is 1. The van der Waals surface area contributed by atoms with Crippen molar-refractivity contribution in [1.29, 1.82) is 0 Å². The molecule has 0 spiro atoms. The van der Waals surface area contributed by atoms with Gasteiger partial charge in [0.1, 0.15) is 0 Å². The van der Waals surface area contributed by atoms with Crippen molar-refractivity contribution in [2.24, 2.45) is 11.8 Å². The van der Waals surface area contributed by atoms with Crippen LogP contribution in [0.2, 0.25) is 0 Å². The average Bonchev–Trinajstić information content (AvgIpc) is 2.45. The minimum atomic E-state index is -0.567. The standard InChI is InChI=1S/C13H20N4O4/c1-9(2)8-21-6-5-15-13(18)11-7-10(17(19)20)3-4-12(11)16-14/h3-4,7,9,16H,5-6,8,14H2,1-2H3,(H,15,18). The molecule has 116 valence electrons. The van der Waals surface area contributed by atoms with Crippen LogP contribution in [0.5, 0.6) is 0 Å². The molecule has 0 unspecified atom stereocenters. The van der Waals surface area contributed by atoms with Crippen LogP contribution < -0.4 is 16.6 Å². The smallest absolute Gasteiger partial charge is 0.270 e. The molecule has 4 N–H and O–H groups in total. The number of nitrogens with zero attached hydrogens (tertiary/aromatic N) is 1. The average molecular weight is 296 g/mol. The van der Waals surface area contributed by atoms with Crippen LogP contribution in [0, 0.1) is 16.0 Å². The van der Waals surface area contributed by atoms with Crippen LogP contribution in [0.4, 0.5) is 11.4 Å². The topological polar surface area (TPSA) is 120 Å². The van der Waals surface area contributed by atoms with Crippen LogP contribution in [0.15, 0.2) is 18.2 Å². The van der Waals surface area contributed by atoms with Gasteiger partial charge in [0, 0.05) is 25.3 Å². The molecular weight excluding hydrogens is 276 g/mol. The van der Waals surface area contributed by atoms with E-state index in [1.165, 1.54) is 18.2 Å². The Labute approximate surface area is 122 Å². The van der Waals surface area contributed by atoms with Gasteiger partial charge < -0.3 is 15.5 Å². The molecule has 8 nitrogen and oxygen atoms in total. The molecule has 8 heteroatoms. The van der Waals surface area contributed by atoms with Crippen LogP contribution in [-0.2, 0) is 4.74 Å². The van der Waals surface area contributed by atoms with Crippen molar-refractivity contribution in [3.05, 3.63) is 33.9 Å². The number of non-ortho nitro benzene ring substituents is 1. The quantitative estimate of drug-likeness (QED) is 0.288. The second kappa shape index (κ2) is 8.18. The Morgan fingerprint density at radius 1 is 1.48 bits per heavy atom. The van der Waals surface area contributed by atoms with Crippen LogP contribution in [-0.4, -0.2) is 30.6 Å². The highest BCUT2D eigenvalue weighted by molar-refractivity contribution is 6.00. The molecule has 0 radical (unpaired) electrons. The molecule has 0 aliphatic heterocycles. The number of nitro groups is 1. The first-order valence-corrected chi connectivity index (χ1v) is 6.56. The van der Waals surface area contributed by atoms with E-state index in [4.69, 9.17) is 10.6 Å². The third kappa shape index (κ3) is 5.36. The summed E-state index contributed by atoms with van der Waals surface area (Å²) in [4.78, 5) is 22.2. The summed E-state index contributed by atoms with van der Waals surface area (Å²) in [6.45, 7) is 5.37. The minimum absolute atomic E-state index is 0.121. The van der Waals surface area contributed by atoms with Gasteiger partial charge in [0.25, 0.3) is 11.6 Å². The van der Waals surface area contributed by atoms with E-state index in [1.54, 1.807) is 0 Å². The Morgan fingerprint density at radius 3 is 2.76 bits per heavy atom. The number of hydrogen-bond acceptors (Lipinski definition) is 6. The van der Waals surface area contributed by atoms with E-state index in [9.17, 15) is 14.9 Å². The van der Waals surface area contributed by atoms with E-state index in [1.807, 2.05) is 13.8 Å². The highest BCUT2D eigenvalue weighted by atomic mass is 16.6. The number of nitro benzene ring substituents is 1. The van der Waals surface area contributed by atoms with Gasteiger partial charge in [0.2, 0.25) is 0 Å². The second-order valence-corrected chi connectivity index (χ2v) is 4.86. The van der Waals surface area contributed by atoms with Crippen molar-refractivity contribution >= 4 is 17.3 Å². The molecule has 0 aliphatic rings. The van der Waals surface area contributed by atoms with E-state index in [2.05, 4.69) is 10.7 Å². The van der Waals surface area contributed by atoms with E-state index in [-0.39, 0.29) is 11.3 Å². The van der Waals surface area contributed by atoms with Crippen molar-refractivity contribution < 1.29 is 14.5 Å². The fourth-order valence-electron chi connectivity index (χ4n) is 1.61. The molecule has 1 aromatic rings. The molecular formula is C13H20N4O4. The van der Waals surface area contributed by atoms with E-state index in [0.29, 0.717) is 31.4 Å². The molecule has 1 amide bonds. The lowest BCUT2D eigenvalue weighted by atomic mass is 10.1. The fraction of sp³-hybridized carbons (Fsp3) is 0.462. The molecule has 1 aromatic carbocycles. The zero-order valence-electron chi connectivity index (χ0n) is 12.1. The van der Waals surface area contributed by atoms with Crippen molar-refractivity contribution in [3.8, 4) is 0 Å². The fourth-order valence-corrected chi connectivity index (χ4v) is 1.61. The lowest BCUT2D eigenvalue weighted by Gasteiger charge is -2.10. The zero-order chi connectivity index (χ0) is 15.8. The summed E-state index contributed by atoms with van der Waals surface area (Å²) in [7, 11) is 0. The third-order valence-corrected chi connectivity index (χ3v) is 2.60. The lowest BCUT2D eigenvalue weighted by Crippen LogP contribution is -2.29. The SMILES string of the molecule is CC(C)COCCNC(=O)c1cc([N+](=O)[O-])ccc1NN. The second-order valence-electron chi connectivity index (χ2n) is 4.86. The van der Waals surface area contributed by atoms with Crippen molar-refractivity contribution in [1.82, 2.24) is 5.32 Å². The first-order chi connectivity index (χ1) is 9.95. The molecule has 0 saturated carbocycles. The van der Waals surface area contributed by atoms with E-state index >= 15 is 0 Å². The van der Waals surface area contributed by atoms with E-state index < -0.39 is 10.8 Å². The third-order valence-electron chi connectivity index (χ3n) is 2.60. The van der Waals surface area contributed by atoms with Crippen LogP contribution in [0.25, 0.3) is 0 Å². The number of anilines is 1. The monoisotopic (exact) mass is 296 g/mol. The predicted octanol–water partition coefficient (Wildman–Crippen LogP) is 1.28. The molecule has 0 bridgehead atoms. The number of nitrogens with one attached hydrogen (secondary N) is 2. The molecule has 1 rings (SSSR count). The van der Waals surface area contributed by atoms with Gasteiger partial charge in [0.15, 0.2) is 0 Å². The molecule has 0 aromatic heterocycles. The lowest BCUT2D eigenvalue weighted by molar-refractivity contribution is -0.384. The predicted molar refractivity (Wildman–Crippen MR) is 78.9 cm³/mol. The highest BCUT2D eigenvalue weighted by Crippen LogP contribution is 2.21. The molecule has 0 aliphatic carbocycles. The number of rotatable bonds is 8. The van der Waals surface area contributed by atoms with Crippen LogP contribution in [0.3, 0.4) is 0 Å². The van der Waals surface area contributed by atoms with Gasteiger partial charge in [0.05, 0.1) is 22.8 Å². The summed E-state index contributed by atoms with van der Waals surface area (Å²) < 4.78 is 5.34. The number of amides is 1. The van der Waals surface area contributed by atoms with Crippen LogP contribution in [0.1, 0.15) is 24.2 Å². The Morgan fingerprint density at radius 2 is 2.19 bits per heavy atom. The molecule has 0 saturated heterocycles. The zero-order valence-corrected chi connectivity index (χ0v) is 12.1. The minimum Gasteiger partial charge on any atom is -0.379 e. The first kappa shape index (κ1) is 16.9. The van der Waals surface area contributed by atoms with Crippen LogP contribution >= 0.6 is 0 Å². The molecule has 0 atom stereocenters. The van der Waals surface area contributed by atoms with Crippen molar-refractivity contribution in [2.45, 2.75) is 13.8 Å². The normalized spacial score (nSPS) is 10.5. The van der Waals surface area contributed by atoms with Gasteiger partial charge in [-0.05, 0) is 12.0 Å². The van der Waals surface area contributed by atoms with Gasteiger partial charge in [-0.3, -0.25) is 20.8 Å². The number of nitrogens with two attached hydrogens (primary N) is 1. The number of ether oxygens (including phenoxy) is 1. The maximum Gasteiger partial charge on any atom is 0.270 e. The van der Waals surface area contributed by atoms with Gasteiger partial charge in [-0.2, -0.15) is 0 Å². The summed E-state index contributed by atoms with van der Waals surface area (Å²) >= 11 is 0. The molecule has 0 heterocycles. The first-order valence-electron chi connectivity index (χ1n) is 6.56. The maximum absolute atomic E-state index is 12.0. The van der Waals surface area contributed by atoms with Gasteiger partial charge >= 0.3 is 0 Å². The van der Waals surface area contributed by atoms with Crippen molar-refractivity contribution in [2.75, 3.05) is 25.2 Å². The summed E-state index contributed by atoms with van der Waals surface area (Å²) in [6, 6.07) is 3.85. The summed E-state index contributed by atoms with van der Waals surface area (Å²) in [5.41, 5.74) is 2.61.